The molecule has 0 bridgehead atoms. The lowest BCUT2D eigenvalue weighted by molar-refractivity contribution is -0.119. The van der Waals surface area contributed by atoms with Gasteiger partial charge in [0.25, 0.3) is 0 Å². The second kappa shape index (κ2) is 11.8. The molecule has 2 atom stereocenters. The average molecular weight is 737 g/mol. The SMILES string of the molecule is COc1ccc2c(c1OC)[C@@H](CC(=O)C[C@H]1c3cc4c(cc3-c3ccc5cc6c(cc5c3N1C)OCO6)OCO4)N(C)c1c-2ccc2cc3c(cc12)OCO3. The molecule has 0 unspecified atom stereocenters. The number of ketones is 1. The van der Waals surface area contributed by atoms with E-state index in [-0.39, 0.29) is 51.1 Å². The average Bonchev–Trinajstić information content (AvgIpc) is 3.98. The molecule has 0 fully saturated rings. The fourth-order valence-electron chi connectivity index (χ4n) is 9.29. The number of carbonyl (C=O) groups excluding carboxylic acids is 1. The summed E-state index contributed by atoms with van der Waals surface area (Å²) in [5, 5.41) is 4.09. The third-order valence-electron chi connectivity index (χ3n) is 11.9. The summed E-state index contributed by atoms with van der Waals surface area (Å²) >= 11 is 0. The van der Waals surface area contributed by atoms with Gasteiger partial charge in [0.05, 0.1) is 37.7 Å². The first-order valence-corrected chi connectivity index (χ1v) is 18.3. The van der Waals surface area contributed by atoms with Gasteiger partial charge in [-0.15, -0.1) is 0 Å². The number of carbonyl (C=O) groups is 1. The minimum absolute atomic E-state index is 0.0933. The van der Waals surface area contributed by atoms with Crippen molar-refractivity contribution in [2.75, 3.05) is 58.5 Å². The van der Waals surface area contributed by atoms with Gasteiger partial charge in [-0.05, 0) is 76.0 Å². The van der Waals surface area contributed by atoms with Gasteiger partial charge in [-0.3, -0.25) is 4.79 Å². The third kappa shape index (κ3) is 4.58. The minimum atomic E-state index is -0.367. The highest BCUT2D eigenvalue weighted by Crippen LogP contribution is 2.56. The van der Waals surface area contributed by atoms with Crippen LogP contribution in [0.25, 0.3) is 43.8 Å². The highest BCUT2D eigenvalue weighted by Gasteiger charge is 2.39. The first-order chi connectivity index (χ1) is 26.9. The van der Waals surface area contributed by atoms with Crippen molar-refractivity contribution in [3.05, 3.63) is 83.9 Å². The summed E-state index contributed by atoms with van der Waals surface area (Å²) in [7, 11) is 7.41. The summed E-state index contributed by atoms with van der Waals surface area (Å²) in [5.74, 6) is 5.56. The lowest BCUT2D eigenvalue weighted by atomic mass is 9.81. The van der Waals surface area contributed by atoms with E-state index in [2.05, 4.69) is 60.3 Å². The summed E-state index contributed by atoms with van der Waals surface area (Å²) in [6, 6.07) is 24.0. The van der Waals surface area contributed by atoms with Crippen molar-refractivity contribution in [2.24, 2.45) is 0 Å². The molecule has 11 heteroatoms. The molecule has 6 aromatic rings. The van der Waals surface area contributed by atoms with Gasteiger partial charge in [-0.25, -0.2) is 0 Å². The zero-order chi connectivity index (χ0) is 37.1. The Balaban J connectivity index is 1.02. The summed E-state index contributed by atoms with van der Waals surface area (Å²) in [4.78, 5) is 19.3. The van der Waals surface area contributed by atoms with Crippen molar-refractivity contribution in [1.82, 2.24) is 0 Å². The molecule has 0 spiro atoms. The van der Waals surface area contributed by atoms with Crippen LogP contribution in [0.4, 0.5) is 11.4 Å². The number of rotatable bonds is 6. The van der Waals surface area contributed by atoms with Crippen LogP contribution >= 0.6 is 0 Å². The Bertz CT molecular complexity index is 2660. The molecule has 0 saturated heterocycles. The summed E-state index contributed by atoms with van der Waals surface area (Å²) in [6.45, 7) is 0.529. The first kappa shape index (κ1) is 32.0. The second-order valence-corrected chi connectivity index (χ2v) is 14.5. The number of ether oxygens (including phenoxy) is 8. The summed E-state index contributed by atoms with van der Waals surface area (Å²) in [5.41, 5.74) is 8.06. The fraction of sp³-hybridized carbons (Fsp3) is 0.250. The van der Waals surface area contributed by atoms with Gasteiger partial charge in [-0.2, -0.15) is 0 Å². The van der Waals surface area contributed by atoms with E-state index in [1.165, 1.54) is 0 Å². The van der Waals surface area contributed by atoms with Gasteiger partial charge < -0.3 is 47.7 Å². The van der Waals surface area contributed by atoms with E-state index in [9.17, 15) is 4.79 Å². The highest BCUT2D eigenvalue weighted by molar-refractivity contribution is 6.07. The van der Waals surface area contributed by atoms with Crippen LogP contribution in [0, 0.1) is 0 Å². The fourth-order valence-corrected chi connectivity index (χ4v) is 9.29. The smallest absolute Gasteiger partial charge is 0.231 e. The zero-order valence-electron chi connectivity index (χ0n) is 30.7. The van der Waals surface area contributed by atoms with Crippen LogP contribution in [-0.4, -0.2) is 54.5 Å². The van der Waals surface area contributed by atoms with Crippen LogP contribution in [0.15, 0.2) is 72.8 Å². The van der Waals surface area contributed by atoms with E-state index in [1.807, 2.05) is 36.4 Å². The molecule has 0 amide bonds. The van der Waals surface area contributed by atoms with Crippen LogP contribution in [0.2, 0.25) is 0 Å². The van der Waals surface area contributed by atoms with E-state index in [1.54, 1.807) is 14.2 Å². The zero-order valence-corrected chi connectivity index (χ0v) is 30.7. The molecule has 11 rings (SSSR count). The quantitative estimate of drug-likeness (QED) is 0.165. The molecule has 0 N–H and O–H groups in total. The maximum absolute atomic E-state index is 14.9. The molecule has 6 aromatic carbocycles. The van der Waals surface area contributed by atoms with Crippen LogP contribution < -0.4 is 47.7 Å². The molecule has 5 aliphatic heterocycles. The standard InChI is InChI=1S/C44H36N2O9/c1-45-32(31-18-40-39(54-21-55-40)17-30(31)27-8-6-23-12-36-38(53-20-51-36)16-29(23)43(27)45)13-24(47)14-33-41-25(9-10-34(48-3)44(41)49-4)26-7-5-22-11-35-37(52-19-50-35)15-28(22)42(26)46(33)2/h5-12,15-18,32-33H,13-14,19-21H2,1-4H3/t32-,33+/m0/s1. The topological polar surface area (TPSA) is 97.4 Å². The van der Waals surface area contributed by atoms with Gasteiger partial charge in [0, 0.05) is 54.4 Å². The Labute approximate surface area is 316 Å². The molecule has 276 valence electrons. The van der Waals surface area contributed by atoms with E-state index in [0.717, 1.165) is 77.8 Å². The Morgan fingerprint density at radius 3 is 1.65 bits per heavy atom. The molecule has 5 heterocycles. The Hall–Kier alpha value is -6.49. The summed E-state index contributed by atoms with van der Waals surface area (Å²) < 4.78 is 46.7. The van der Waals surface area contributed by atoms with Crippen LogP contribution in [0.1, 0.15) is 36.1 Å². The van der Waals surface area contributed by atoms with E-state index in [4.69, 9.17) is 37.9 Å². The normalized spacial score (nSPS) is 17.9. The third-order valence-corrected chi connectivity index (χ3v) is 11.9. The molecule has 55 heavy (non-hydrogen) atoms. The Morgan fingerprint density at radius 1 is 0.582 bits per heavy atom. The molecule has 11 nitrogen and oxygen atoms in total. The van der Waals surface area contributed by atoms with Crippen LogP contribution in [0.5, 0.6) is 46.0 Å². The number of hydrogen-bond donors (Lipinski definition) is 0. The maximum atomic E-state index is 14.9. The van der Waals surface area contributed by atoms with Crippen molar-refractivity contribution >= 4 is 38.7 Å². The Kier molecular flexibility index (Phi) is 6.84. The minimum Gasteiger partial charge on any atom is -0.493 e. The van der Waals surface area contributed by atoms with E-state index in [0.29, 0.717) is 34.5 Å². The molecular weight excluding hydrogens is 700 g/mol. The molecule has 0 radical (unpaired) electrons. The molecule has 5 aliphatic rings. The summed E-state index contributed by atoms with van der Waals surface area (Å²) in [6.07, 6.45) is 0.468. The van der Waals surface area contributed by atoms with Gasteiger partial charge in [0.15, 0.2) is 46.0 Å². The lowest BCUT2D eigenvalue weighted by Gasteiger charge is -2.40. The predicted molar refractivity (Wildman–Crippen MR) is 207 cm³/mol. The van der Waals surface area contributed by atoms with Crippen molar-refractivity contribution in [2.45, 2.75) is 24.9 Å². The number of methoxy groups -OCH3 is 2. The van der Waals surface area contributed by atoms with Crippen molar-refractivity contribution < 1.29 is 42.7 Å². The first-order valence-electron chi connectivity index (χ1n) is 18.3. The monoisotopic (exact) mass is 736 g/mol. The number of fused-ring (bicyclic) bond motifs is 13. The van der Waals surface area contributed by atoms with E-state index < -0.39 is 0 Å². The second-order valence-electron chi connectivity index (χ2n) is 14.5. The van der Waals surface area contributed by atoms with Crippen molar-refractivity contribution in [1.29, 1.82) is 0 Å². The van der Waals surface area contributed by atoms with Gasteiger partial charge in [0.2, 0.25) is 20.4 Å². The number of anilines is 2. The van der Waals surface area contributed by atoms with Crippen molar-refractivity contribution in [3.8, 4) is 68.2 Å². The number of benzene rings is 6. The van der Waals surface area contributed by atoms with Crippen LogP contribution in [-0.2, 0) is 4.79 Å². The number of hydrogen-bond acceptors (Lipinski definition) is 11. The lowest BCUT2D eigenvalue weighted by Crippen LogP contribution is -2.33. The van der Waals surface area contributed by atoms with Crippen molar-refractivity contribution in [3.63, 3.8) is 0 Å². The Morgan fingerprint density at radius 2 is 1.07 bits per heavy atom. The van der Waals surface area contributed by atoms with Gasteiger partial charge in [-0.1, -0.05) is 24.3 Å². The van der Waals surface area contributed by atoms with E-state index >= 15 is 0 Å². The number of nitrogens with zero attached hydrogens (tertiary/aromatic N) is 2. The van der Waals surface area contributed by atoms with Crippen LogP contribution in [0.3, 0.4) is 0 Å². The highest BCUT2D eigenvalue weighted by atomic mass is 16.7. The number of Topliss-reactive ketones (excluding diaryl/α,β-unsaturated/α-hetero) is 1. The molecule has 0 saturated carbocycles. The predicted octanol–water partition coefficient (Wildman–Crippen LogP) is 8.56. The van der Waals surface area contributed by atoms with Gasteiger partial charge >= 0.3 is 0 Å². The largest absolute Gasteiger partial charge is 0.493 e. The molecule has 0 aromatic heterocycles. The molecular formula is C44H36N2O9. The molecule has 0 aliphatic carbocycles. The maximum Gasteiger partial charge on any atom is 0.231 e. The van der Waals surface area contributed by atoms with Gasteiger partial charge in [0.1, 0.15) is 5.78 Å².